The van der Waals surface area contributed by atoms with Crippen molar-refractivity contribution in [2.75, 3.05) is 13.2 Å². The Morgan fingerprint density at radius 3 is 1.94 bits per heavy atom. The van der Waals surface area contributed by atoms with Crippen LogP contribution >= 0.6 is 7.82 Å². The molecule has 0 spiro atoms. The van der Waals surface area contributed by atoms with Gasteiger partial charge in [-0.25, -0.2) is 0 Å². The summed E-state index contributed by atoms with van der Waals surface area (Å²) in [6, 6.07) is 0. The predicted molar refractivity (Wildman–Crippen MR) is 67.7 cm³/mol. The average Bonchev–Trinajstić information content (AvgIpc) is 2.07. The van der Waals surface area contributed by atoms with Gasteiger partial charge in [-0.1, -0.05) is 41.5 Å². The second-order valence-electron chi connectivity index (χ2n) is 6.78. The third-order valence-corrected chi connectivity index (χ3v) is 2.92. The topological polar surface area (TPSA) is 58.6 Å². The lowest BCUT2D eigenvalue weighted by Crippen LogP contribution is -2.18. The van der Waals surface area contributed by atoms with Crippen LogP contribution in [0.4, 0.5) is 0 Å². The first-order valence-electron chi connectivity index (χ1n) is 6.01. The van der Waals surface area contributed by atoms with E-state index in [2.05, 4.69) is 20.8 Å². The Hall–Kier alpha value is 0.110. The maximum absolute atomic E-state index is 11.4. The zero-order valence-corrected chi connectivity index (χ0v) is 12.8. The molecule has 0 aromatic carbocycles. The van der Waals surface area contributed by atoms with Crippen molar-refractivity contribution >= 4 is 7.82 Å². The van der Waals surface area contributed by atoms with Crippen LogP contribution in [0.25, 0.3) is 0 Å². The summed E-state index contributed by atoms with van der Waals surface area (Å²) in [5.41, 5.74) is 0.0112. The van der Waals surface area contributed by atoms with E-state index in [-0.39, 0.29) is 24.0 Å². The van der Waals surface area contributed by atoms with E-state index in [0.717, 1.165) is 6.42 Å². The predicted octanol–water partition coefficient (Wildman–Crippen LogP) is 3.36. The molecule has 0 aliphatic heterocycles. The molecule has 0 fully saturated rings. The van der Waals surface area contributed by atoms with Gasteiger partial charge in [0.25, 0.3) is 7.82 Å². The summed E-state index contributed by atoms with van der Waals surface area (Å²) in [5.74, 6) is 0. The van der Waals surface area contributed by atoms with E-state index in [4.69, 9.17) is 9.05 Å². The van der Waals surface area contributed by atoms with Gasteiger partial charge >= 0.3 is 0 Å². The largest absolute Gasteiger partial charge is 0.756 e. The summed E-state index contributed by atoms with van der Waals surface area (Å²) in [6.07, 6.45) is 1.64. The summed E-state index contributed by atoms with van der Waals surface area (Å²) in [6.45, 7) is 12.4. The van der Waals surface area contributed by atoms with Crippen molar-refractivity contribution in [3.8, 4) is 0 Å². The summed E-state index contributed by atoms with van der Waals surface area (Å²) in [5, 5.41) is 0. The Labute approximate surface area is 105 Å². The molecule has 4 nitrogen and oxygen atoms in total. The van der Waals surface area contributed by atoms with Crippen LogP contribution in [-0.4, -0.2) is 13.2 Å². The van der Waals surface area contributed by atoms with Crippen LogP contribution in [0.5, 0.6) is 0 Å². The van der Waals surface area contributed by atoms with Gasteiger partial charge in [-0.3, -0.25) is 4.57 Å². The molecule has 0 aliphatic rings. The highest BCUT2D eigenvalue weighted by molar-refractivity contribution is 7.45. The lowest BCUT2D eigenvalue weighted by atomic mass is 9.91. The minimum Gasteiger partial charge on any atom is -0.756 e. The van der Waals surface area contributed by atoms with Gasteiger partial charge in [0, 0.05) is 0 Å². The van der Waals surface area contributed by atoms with Crippen molar-refractivity contribution < 1.29 is 18.5 Å². The van der Waals surface area contributed by atoms with Crippen LogP contribution in [-0.2, 0) is 13.6 Å². The molecule has 0 aromatic heterocycles. The molecule has 1 atom stereocenters. The summed E-state index contributed by atoms with van der Waals surface area (Å²) < 4.78 is 21.0. The Kier molecular flexibility index (Phi) is 6.37. The Bertz CT molecular complexity index is 263. The minimum atomic E-state index is -4.12. The Balaban J connectivity index is 3.83. The highest BCUT2D eigenvalue weighted by Gasteiger charge is 2.17. The first kappa shape index (κ1) is 17.1. The number of hydrogen-bond donors (Lipinski definition) is 0. The molecule has 0 rings (SSSR count). The van der Waals surface area contributed by atoms with Gasteiger partial charge in [0.05, 0.1) is 13.2 Å². The quantitative estimate of drug-likeness (QED) is 0.545. The zero-order chi connectivity index (χ0) is 13.7. The molecule has 0 amide bonds. The zero-order valence-electron chi connectivity index (χ0n) is 11.9. The fraction of sp³-hybridized carbons (Fsp3) is 1.00. The molecule has 0 aliphatic carbocycles. The Morgan fingerprint density at radius 1 is 1.00 bits per heavy atom. The first-order chi connectivity index (χ1) is 7.41. The van der Waals surface area contributed by atoms with E-state index in [0.29, 0.717) is 6.42 Å². The van der Waals surface area contributed by atoms with Gasteiger partial charge in [-0.2, -0.15) is 0 Å². The normalized spacial score (nSPS) is 16.9. The average molecular weight is 265 g/mol. The smallest absolute Gasteiger partial charge is 0.267 e. The first-order valence-corrected chi connectivity index (χ1v) is 7.48. The van der Waals surface area contributed by atoms with E-state index in [9.17, 15) is 9.46 Å². The number of rotatable bonds is 6. The molecule has 5 heteroatoms. The third kappa shape index (κ3) is 12.4. The molecule has 0 radical (unpaired) electrons. The molecule has 0 saturated carbocycles. The molecular weight excluding hydrogens is 239 g/mol. The van der Waals surface area contributed by atoms with E-state index >= 15 is 0 Å². The monoisotopic (exact) mass is 265 g/mol. The number of hydrogen-bond acceptors (Lipinski definition) is 4. The second kappa shape index (κ2) is 6.33. The van der Waals surface area contributed by atoms with Crippen LogP contribution in [0.3, 0.4) is 0 Å². The summed E-state index contributed by atoms with van der Waals surface area (Å²) in [7, 11) is -4.12. The molecule has 1 unspecified atom stereocenters. The van der Waals surface area contributed by atoms with Gasteiger partial charge < -0.3 is 13.9 Å². The van der Waals surface area contributed by atoms with Crippen molar-refractivity contribution in [1.82, 2.24) is 0 Å². The van der Waals surface area contributed by atoms with E-state index in [1.807, 2.05) is 20.8 Å². The Morgan fingerprint density at radius 2 is 1.53 bits per heavy atom. The van der Waals surface area contributed by atoms with Crippen molar-refractivity contribution in [3.63, 3.8) is 0 Å². The lowest BCUT2D eigenvalue weighted by molar-refractivity contribution is -0.227. The maximum Gasteiger partial charge on any atom is 0.267 e. The van der Waals surface area contributed by atoms with Gasteiger partial charge in [0.2, 0.25) is 0 Å². The SMILES string of the molecule is CC(C)(C)CCCOP(=O)([O-])OCC(C)(C)C. The van der Waals surface area contributed by atoms with Crippen LogP contribution in [0, 0.1) is 10.8 Å². The van der Waals surface area contributed by atoms with Crippen molar-refractivity contribution in [2.24, 2.45) is 10.8 Å². The van der Waals surface area contributed by atoms with Gasteiger partial charge in [-0.05, 0) is 23.7 Å². The van der Waals surface area contributed by atoms with Crippen molar-refractivity contribution in [3.05, 3.63) is 0 Å². The van der Waals surface area contributed by atoms with Crippen molar-refractivity contribution in [2.45, 2.75) is 54.4 Å². The van der Waals surface area contributed by atoms with Gasteiger partial charge in [0.15, 0.2) is 0 Å². The summed E-state index contributed by atoms with van der Waals surface area (Å²) in [4.78, 5) is 11.4. The maximum atomic E-state index is 11.4. The van der Waals surface area contributed by atoms with E-state index in [1.165, 1.54) is 0 Å². The van der Waals surface area contributed by atoms with Crippen LogP contribution in [0.1, 0.15) is 54.4 Å². The standard InChI is InChI=1S/C12H27O4P/c1-11(2,3)8-7-9-15-17(13,14)16-10-12(4,5)6/h7-10H2,1-6H3,(H,13,14)/p-1. The molecule has 104 valence electrons. The second-order valence-corrected chi connectivity index (χ2v) is 8.19. The molecule has 0 saturated heterocycles. The molecule has 0 N–H and O–H groups in total. The number of phosphoric ester groups is 1. The lowest BCUT2D eigenvalue weighted by Gasteiger charge is -2.27. The molecule has 17 heavy (non-hydrogen) atoms. The molecule has 0 bridgehead atoms. The van der Waals surface area contributed by atoms with E-state index < -0.39 is 7.82 Å². The van der Waals surface area contributed by atoms with Gasteiger partial charge in [0.1, 0.15) is 0 Å². The molecule has 0 aromatic rings. The van der Waals surface area contributed by atoms with E-state index in [1.54, 1.807) is 0 Å². The van der Waals surface area contributed by atoms with Gasteiger partial charge in [-0.15, -0.1) is 0 Å². The van der Waals surface area contributed by atoms with Crippen LogP contribution < -0.4 is 4.89 Å². The molecule has 0 heterocycles. The third-order valence-electron chi connectivity index (χ3n) is 1.98. The highest BCUT2D eigenvalue weighted by Crippen LogP contribution is 2.40. The van der Waals surface area contributed by atoms with Crippen molar-refractivity contribution in [1.29, 1.82) is 0 Å². The highest BCUT2D eigenvalue weighted by atomic mass is 31.2. The molecular formula is C12H26O4P-. The minimum absolute atomic E-state index is 0.146. The fourth-order valence-corrected chi connectivity index (χ4v) is 2.06. The fourth-order valence-electron chi connectivity index (χ4n) is 1.09. The summed E-state index contributed by atoms with van der Waals surface area (Å²) >= 11 is 0. The number of phosphoric acid groups is 1. The van der Waals surface area contributed by atoms with Crippen LogP contribution in [0.15, 0.2) is 0 Å². The van der Waals surface area contributed by atoms with Crippen LogP contribution in [0.2, 0.25) is 0 Å².